The molecule has 3 heteroatoms. The van der Waals surface area contributed by atoms with Gasteiger partial charge in [-0.25, -0.2) is 0 Å². The van der Waals surface area contributed by atoms with Gasteiger partial charge in [0.1, 0.15) is 0 Å². The van der Waals surface area contributed by atoms with Gasteiger partial charge in [-0.3, -0.25) is 9.28 Å². The molecule has 1 atom stereocenters. The van der Waals surface area contributed by atoms with Crippen LogP contribution in [0.25, 0.3) is 0 Å². The smallest absolute Gasteiger partial charge is 0.310 e. The molecule has 0 aliphatic rings. The van der Waals surface area contributed by atoms with Gasteiger partial charge >= 0.3 is 5.97 Å². The van der Waals surface area contributed by atoms with Gasteiger partial charge in [0.15, 0.2) is 0 Å². The van der Waals surface area contributed by atoms with Gasteiger partial charge in [0.25, 0.3) is 0 Å². The van der Waals surface area contributed by atoms with Crippen LogP contribution in [0.5, 0.6) is 0 Å². The van der Waals surface area contributed by atoms with E-state index in [0.717, 1.165) is 12.8 Å². The van der Waals surface area contributed by atoms with E-state index in [1.165, 1.54) is 38.5 Å². The van der Waals surface area contributed by atoms with Crippen LogP contribution < -0.4 is 0 Å². The molecule has 0 heterocycles. The molecule has 0 aromatic heterocycles. The molecule has 0 bridgehead atoms. The molecule has 114 valence electrons. The summed E-state index contributed by atoms with van der Waals surface area (Å²) in [5.74, 6) is -0.0495. The maximum absolute atomic E-state index is 11.6. The third-order valence-corrected chi connectivity index (χ3v) is 3.63. The molecule has 0 radical (unpaired) electrons. The van der Waals surface area contributed by atoms with E-state index < -0.39 is 0 Å². The van der Waals surface area contributed by atoms with Crippen molar-refractivity contribution >= 4 is 5.97 Å². The van der Waals surface area contributed by atoms with Crippen LogP contribution in [0.2, 0.25) is 0 Å². The zero-order valence-corrected chi connectivity index (χ0v) is 13.7. The molecule has 3 nitrogen and oxygen atoms in total. The third kappa shape index (κ3) is 11.0. The van der Waals surface area contributed by atoms with Crippen LogP contribution in [0.15, 0.2) is 0 Å². The lowest BCUT2D eigenvalue weighted by Gasteiger charge is -2.30. The Labute approximate surface area is 119 Å². The van der Waals surface area contributed by atoms with Gasteiger partial charge in [0.05, 0.1) is 21.1 Å². The van der Waals surface area contributed by atoms with Crippen molar-refractivity contribution < 1.29 is 14.0 Å². The molecule has 0 rings (SSSR count). The van der Waals surface area contributed by atoms with Crippen LogP contribution in [0, 0.1) is 0 Å². The average molecular weight is 272 g/mol. The summed E-state index contributed by atoms with van der Waals surface area (Å²) in [4.78, 5) is 11.6. The number of carbonyl (C=O) groups excluding carboxylic acids is 1. The van der Waals surface area contributed by atoms with Gasteiger partial charge in [-0.05, 0) is 6.42 Å². The first-order chi connectivity index (χ1) is 8.88. The van der Waals surface area contributed by atoms with E-state index in [9.17, 15) is 4.79 Å². The van der Waals surface area contributed by atoms with Gasteiger partial charge in [-0.2, -0.15) is 0 Å². The van der Waals surface area contributed by atoms with E-state index in [1.807, 2.05) is 28.1 Å². The maximum Gasteiger partial charge on any atom is 0.310 e. The van der Waals surface area contributed by atoms with Crippen LogP contribution in [-0.2, 0) is 9.53 Å². The number of quaternary nitrogens is 1. The highest BCUT2D eigenvalue weighted by atomic mass is 16.6. The lowest BCUT2D eigenvalue weighted by Crippen LogP contribution is -2.45. The molecule has 1 unspecified atom stereocenters. The van der Waals surface area contributed by atoms with Crippen molar-refractivity contribution in [2.45, 2.75) is 77.9 Å². The van der Waals surface area contributed by atoms with Crippen molar-refractivity contribution in [3.8, 4) is 0 Å². The number of ether oxygens (including phenoxy) is 1. The maximum atomic E-state index is 11.6. The van der Waals surface area contributed by atoms with Crippen molar-refractivity contribution in [3.05, 3.63) is 0 Å². The molecule has 0 aliphatic heterocycles. The molecule has 0 aliphatic carbocycles. The Kier molecular flexibility index (Phi) is 9.94. The topological polar surface area (TPSA) is 26.3 Å². The molecule has 0 amide bonds. The molecule has 0 fully saturated rings. The monoisotopic (exact) mass is 272 g/mol. The first-order valence-electron chi connectivity index (χ1n) is 7.88. The van der Waals surface area contributed by atoms with Crippen molar-refractivity contribution in [2.75, 3.05) is 21.1 Å². The summed E-state index contributed by atoms with van der Waals surface area (Å²) < 4.78 is 6.06. The fraction of sp³-hybridized carbons (Fsp3) is 0.938. The van der Waals surface area contributed by atoms with Crippen molar-refractivity contribution in [2.24, 2.45) is 0 Å². The minimum atomic E-state index is -0.0680. The van der Waals surface area contributed by atoms with Crippen LogP contribution in [0.1, 0.15) is 71.6 Å². The Morgan fingerprint density at radius 2 is 1.42 bits per heavy atom. The van der Waals surface area contributed by atoms with Gasteiger partial charge in [-0.15, -0.1) is 0 Å². The lowest BCUT2D eigenvalue weighted by molar-refractivity contribution is -0.914. The van der Waals surface area contributed by atoms with Crippen LogP contribution >= 0.6 is 0 Å². The summed E-state index contributed by atoms with van der Waals surface area (Å²) in [6.45, 7) is 4.19. The number of hydrogen-bond donors (Lipinski definition) is 0. The molecular formula is C16H34NO2+. The highest BCUT2D eigenvalue weighted by Crippen LogP contribution is 2.11. The number of rotatable bonds is 11. The summed E-state index contributed by atoms with van der Waals surface area (Å²) in [5, 5.41) is 0. The quantitative estimate of drug-likeness (QED) is 0.245. The number of unbranched alkanes of at least 4 members (excludes halogenated alkanes) is 7. The molecule has 0 spiro atoms. The standard InChI is InChI=1S/C16H34NO2/c1-6-7-8-9-10-11-12-13-14-16(18)19-15(2)17(3,4)5/h15H,6-14H2,1-5H3/q+1. The first kappa shape index (κ1) is 18.4. The largest absolute Gasteiger partial charge is 0.413 e. The zero-order chi connectivity index (χ0) is 14.7. The summed E-state index contributed by atoms with van der Waals surface area (Å²) in [5.41, 5.74) is 0. The van der Waals surface area contributed by atoms with Gasteiger partial charge in [-0.1, -0.05) is 51.9 Å². The fourth-order valence-corrected chi connectivity index (χ4v) is 1.81. The minimum absolute atomic E-state index is 0.0495. The van der Waals surface area contributed by atoms with E-state index in [0.29, 0.717) is 10.9 Å². The number of nitrogens with zero attached hydrogens (tertiary/aromatic N) is 1. The average Bonchev–Trinajstić information content (AvgIpc) is 2.31. The van der Waals surface area contributed by atoms with Gasteiger partial charge < -0.3 is 4.74 Å². The molecule has 19 heavy (non-hydrogen) atoms. The Morgan fingerprint density at radius 1 is 0.947 bits per heavy atom. The Bertz CT molecular complexity index is 233. The summed E-state index contributed by atoms with van der Waals surface area (Å²) >= 11 is 0. The van der Waals surface area contributed by atoms with Gasteiger partial charge in [0.2, 0.25) is 6.23 Å². The second-order valence-corrected chi connectivity index (χ2v) is 6.43. The minimum Gasteiger partial charge on any atom is -0.413 e. The number of carbonyl (C=O) groups is 1. The molecule has 0 N–H and O–H groups in total. The first-order valence-corrected chi connectivity index (χ1v) is 7.88. The Balaban J connectivity index is 3.44. The zero-order valence-electron chi connectivity index (χ0n) is 13.7. The van der Waals surface area contributed by atoms with E-state index in [2.05, 4.69) is 6.92 Å². The van der Waals surface area contributed by atoms with E-state index >= 15 is 0 Å². The molecular weight excluding hydrogens is 238 g/mol. The van der Waals surface area contributed by atoms with Crippen molar-refractivity contribution in [3.63, 3.8) is 0 Å². The number of esters is 1. The summed E-state index contributed by atoms with van der Waals surface area (Å²) in [6, 6.07) is 0. The molecule has 0 saturated heterocycles. The summed E-state index contributed by atoms with van der Waals surface area (Å²) in [7, 11) is 6.11. The highest BCUT2D eigenvalue weighted by molar-refractivity contribution is 5.69. The Morgan fingerprint density at radius 3 is 1.89 bits per heavy atom. The molecule has 0 aromatic carbocycles. The Hall–Kier alpha value is -0.570. The summed E-state index contributed by atoms with van der Waals surface area (Å²) in [6.07, 6.45) is 10.5. The highest BCUT2D eigenvalue weighted by Gasteiger charge is 2.21. The molecule has 0 saturated carbocycles. The second-order valence-electron chi connectivity index (χ2n) is 6.43. The van der Waals surface area contributed by atoms with Gasteiger partial charge in [0, 0.05) is 13.3 Å². The predicted octanol–water partition coefficient (Wildman–Crippen LogP) is 4.11. The van der Waals surface area contributed by atoms with Crippen LogP contribution in [0.3, 0.4) is 0 Å². The van der Waals surface area contributed by atoms with Crippen LogP contribution in [-0.4, -0.2) is 37.8 Å². The van der Waals surface area contributed by atoms with Crippen molar-refractivity contribution in [1.82, 2.24) is 0 Å². The van der Waals surface area contributed by atoms with Crippen LogP contribution in [0.4, 0.5) is 0 Å². The number of hydrogen-bond acceptors (Lipinski definition) is 2. The lowest BCUT2D eigenvalue weighted by atomic mass is 10.1. The second kappa shape index (κ2) is 10.2. The van der Waals surface area contributed by atoms with Crippen molar-refractivity contribution in [1.29, 1.82) is 0 Å². The third-order valence-electron chi connectivity index (χ3n) is 3.63. The van der Waals surface area contributed by atoms with E-state index in [1.54, 1.807) is 0 Å². The van der Waals surface area contributed by atoms with E-state index in [-0.39, 0.29) is 12.2 Å². The fourth-order valence-electron chi connectivity index (χ4n) is 1.81. The predicted molar refractivity (Wildman–Crippen MR) is 80.8 cm³/mol. The SMILES string of the molecule is CCCCCCCCCCC(=O)OC(C)[N+](C)(C)C. The molecule has 0 aromatic rings. The normalized spacial score (nSPS) is 13.3. The van der Waals surface area contributed by atoms with E-state index in [4.69, 9.17) is 4.74 Å².